The van der Waals surface area contributed by atoms with Crippen LogP contribution < -0.4 is 5.73 Å². The minimum Gasteiger partial charge on any atom is -0.465 e. The Balaban J connectivity index is 4.40. The summed E-state index contributed by atoms with van der Waals surface area (Å²) in [6.45, 7) is 5.35. The van der Waals surface area contributed by atoms with E-state index in [1.165, 1.54) is 0 Å². The molecule has 0 aromatic rings. The van der Waals surface area contributed by atoms with E-state index in [1.54, 1.807) is 20.8 Å². The molecule has 0 fully saturated rings. The van der Waals surface area contributed by atoms with E-state index >= 15 is 0 Å². The van der Waals surface area contributed by atoms with Gasteiger partial charge < -0.3 is 10.5 Å². The molecule has 0 saturated heterocycles. The molecule has 0 heterocycles. The Morgan fingerprint density at radius 2 is 2.33 bits per heavy atom. The largest absolute Gasteiger partial charge is 0.465 e. The highest BCUT2D eigenvalue weighted by Crippen LogP contribution is 2.14. The maximum atomic E-state index is 11.2. The molecule has 12 heavy (non-hydrogen) atoms. The highest BCUT2D eigenvalue weighted by molar-refractivity contribution is 5.80. The molecule has 68 valence electrons. The van der Waals surface area contributed by atoms with E-state index in [-0.39, 0.29) is 5.92 Å². The first-order valence-corrected chi connectivity index (χ1v) is 3.89. The van der Waals surface area contributed by atoms with Crippen LogP contribution in [0.25, 0.3) is 0 Å². The molecular weight excluding hydrogens is 154 g/mol. The highest BCUT2D eigenvalue weighted by Gasteiger charge is 2.35. The second-order valence-electron chi connectivity index (χ2n) is 2.89. The van der Waals surface area contributed by atoms with Gasteiger partial charge in [0.1, 0.15) is 5.54 Å². The first-order chi connectivity index (χ1) is 5.46. The maximum Gasteiger partial charge on any atom is 0.327 e. The molecule has 2 unspecified atom stereocenters. The first kappa shape index (κ1) is 11.0. The molecule has 2 N–H and O–H groups in total. The lowest BCUT2D eigenvalue weighted by Crippen LogP contribution is -2.51. The van der Waals surface area contributed by atoms with Gasteiger partial charge in [0.15, 0.2) is 0 Å². The predicted octanol–water partition coefficient (Wildman–Crippen LogP) is 0.536. The normalized spacial score (nSPS) is 17.2. The van der Waals surface area contributed by atoms with Crippen LogP contribution in [-0.2, 0) is 9.53 Å². The summed E-state index contributed by atoms with van der Waals surface area (Å²) in [5.74, 6) is 1.65. The summed E-state index contributed by atoms with van der Waals surface area (Å²) in [5, 5.41) is 0. The minimum atomic E-state index is -1.08. The Bertz CT molecular complexity index is 203. The molecule has 0 spiro atoms. The van der Waals surface area contributed by atoms with Gasteiger partial charge in [0.2, 0.25) is 0 Å². The summed E-state index contributed by atoms with van der Waals surface area (Å²) < 4.78 is 4.77. The van der Waals surface area contributed by atoms with Crippen molar-refractivity contribution in [2.24, 2.45) is 11.7 Å². The van der Waals surface area contributed by atoms with Gasteiger partial charge in [-0.05, 0) is 20.8 Å². The minimum absolute atomic E-state index is 0.322. The van der Waals surface area contributed by atoms with Crippen molar-refractivity contribution in [1.29, 1.82) is 0 Å². The second kappa shape index (κ2) is 4.13. The molecule has 0 aliphatic carbocycles. The molecule has 0 rings (SSSR count). The SMILES string of the molecule is C#CC(C)C(C)(N)C(=O)OCC. The number of nitrogens with two attached hydrogens (primary N) is 1. The summed E-state index contributed by atoms with van der Waals surface area (Å²) in [6.07, 6.45) is 5.15. The molecule has 3 nitrogen and oxygen atoms in total. The van der Waals surface area contributed by atoms with Crippen molar-refractivity contribution >= 4 is 5.97 Å². The van der Waals surface area contributed by atoms with Crippen molar-refractivity contribution < 1.29 is 9.53 Å². The van der Waals surface area contributed by atoms with E-state index in [4.69, 9.17) is 16.9 Å². The lowest BCUT2D eigenvalue weighted by Gasteiger charge is -2.25. The summed E-state index contributed by atoms with van der Waals surface area (Å²) in [4.78, 5) is 11.2. The van der Waals surface area contributed by atoms with E-state index in [1.807, 2.05) is 0 Å². The highest BCUT2D eigenvalue weighted by atomic mass is 16.5. The van der Waals surface area contributed by atoms with Crippen LogP contribution in [0.5, 0.6) is 0 Å². The fraction of sp³-hybridized carbons (Fsp3) is 0.667. The summed E-state index contributed by atoms with van der Waals surface area (Å²) in [6, 6.07) is 0. The van der Waals surface area contributed by atoms with Gasteiger partial charge in [-0.25, -0.2) is 0 Å². The number of carbonyl (C=O) groups excluding carboxylic acids is 1. The van der Waals surface area contributed by atoms with Gasteiger partial charge in [-0.1, -0.05) is 0 Å². The third-order valence-electron chi connectivity index (χ3n) is 1.86. The van der Waals surface area contributed by atoms with Crippen LogP contribution in [0.1, 0.15) is 20.8 Å². The number of hydrogen-bond donors (Lipinski definition) is 1. The molecule has 0 saturated carbocycles. The first-order valence-electron chi connectivity index (χ1n) is 3.89. The Morgan fingerprint density at radius 3 is 2.67 bits per heavy atom. The summed E-state index contributed by atoms with van der Waals surface area (Å²) >= 11 is 0. The molecule has 0 amide bonds. The lowest BCUT2D eigenvalue weighted by molar-refractivity contribution is -0.150. The predicted molar refractivity (Wildman–Crippen MR) is 47.2 cm³/mol. The van der Waals surface area contributed by atoms with Gasteiger partial charge in [0, 0.05) is 5.92 Å². The molecule has 0 radical (unpaired) electrons. The van der Waals surface area contributed by atoms with E-state index in [2.05, 4.69) is 5.92 Å². The number of carbonyl (C=O) groups is 1. The van der Waals surface area contributed by atoms with Crippen LogP contribution in [0.2, 0.25) is 0 Å². The molecule has 0 aromatic heterocycles. The average molecular weight is 169 g/mol. The number of rotatable bonds is 3. The van der Waals surface area contributed by atoms with Crippen LogP contribution in [0, 0.1) is 18.3 Å². The number of terminal acetylenes is 1. The van der Waals surface area contributed by atoms with Crippen molar-refractivity contribution in [2.45, 2.75) is 26.3 Å². The third kappa shape index (κ3) is 2.24. The Kier molecular flexibility index (Phi) is 3.78. The topological polar surface area (TPSA) is 52.3 Å². The van der Waals surface area contributed by atoms with Gasteiger partial charge in [0.05, 0.1) is 6.61 Å². The summed E-state index contributed by atoms with van der Waals surface area (Å²) in [7, 11) is 0. The van der Waals surface area contributed by atoms with Crippen LogP contribution >= 0.6 is 0 Å². The van der Waals surface area contributed by atoms with E-state index < -0.39 is 11.5 Å². The molecular formula is C9H15NO2. The molecule has 3 heteroatoms. The number of ether oxygens (including phenoxy) is 1. The fourth-order valence-corrected chi connectivity index (χ4v) is 0.636. The van der Waals surface area contributed by atoms with Gasteiger partial charge in [0.25, 0.3) is 0 Å². The zero-order chi connectivity index (χ0) is 9.78. The Labute approximate surface area is 73.3 Å². The number of esters is 1. The van der Waals surface area contributed by atoms with Crippen molar-refractivity contribution in [3.63, 3.8) is 0 Å². The molecule has 0 bridgehead atoms. The van der Waals surface area contributed by atoms with Gasteiger partial charge in [-0.2, -0.15) is 0 Å². The standard InChI is InChI=1S/C9H15NO2/c1-5-7(3)9(4,10)8(11)12-6-2/h1,7H,6,10H2,2-4H3. The van der Waals surface area contributed by atoms with Crippen LogP contribution in [0.3, 0.4) is 0 Å². The summed E-state index contributed by atoms with van der Waals surface area (Å²) in [5.41, 5.74) is 4.60. The fourth-order valence-electron chi connectivity index (χ4n) is 0.636. The van der Waals surface area contributed by atoms with Crippen LogP contribution in [0.4, 0.5) is 0 Å². The van der Waals surface area contributed by atoms with Gasteiger partial charge in [-0.3, -0.25) is 4.79 Å². The van der Waals surface area contributed by atoms with Crippen molar-refractivity contribution in [1.82, 2.24) is 0 Å². The van der Waals surface area contributed by atoms with Gasteiger partial charge in [-0.15, -0.1) is 12.3 Å². The molecule has 2 atom stereocenters. The Morgan fingerprint density at radius 1 is 1.83 bits per heavy atom. The Hall–Kier alpha value is -1.01. The quantitative estimate of drug-likeness (QED) is 0.495. The van der Waals surface area contributed by atoms with Crippen molar-refractivity contribution in [3.8, 4) is 12.3 Å². The zero-order valence-electron chi connectivity index (χ0n) is 7.76. The lowest BCUT2D eigenvalue weighted by atomic mass is 9.89. The van der Waals surface area contributed by atoms with Crippen LogP contribution in [0.15, 0.2) is 0 Å². The van der Waals surface area contributed by atoms with Gasteiger partial charge >= 0.3 is 5.97 Å². The van der Waals surface area contributed by atoms with Crippen LogP contribution in [-0.4, -0.2) is 18.1 Å². The van der Waals surface area contributed by atoms with E-state index in [0.717, 1.165) is 0 Å². The van der Waals surface area contributed by atoms with E-state index in [9.17, 15) is 4.79 Å². The second-order valence-corrected chi connectivity index (χ2v) is 2.89. The monoisotopic (exact) mass is 169 g/mol. The molecule has 0 aliphatic heterocycles. The van der Waals surface area contributed by atoms with Crippen molar-refractivity contribution in [3.05, 3.63) is 0 Å². The third-order valence-corrected chi connectivity index (χ3v) is 1.86. The zero-order valence-corrected chi connectivity index (χ0v) is 7.76. The van der Waals surface area contributed by atoms with E-state index in [0.29, 0.717) is 6.61 Å². The smallest absolute Gasteiger partial charge is 0.327 e. The average Bonchev–Trinajstić information content (AvgIpc) is 2.03. The van der Waals surface area contributed by atoms with Crippen molar-refractivity contribution in [2.75, 3.05) is 6.61 Å². The molecule has 0 aromatic carbocycles. The molecule has 0 aliphatic rings. The number of hydrogen-bond acceptors (Lipinski definition) is 3. The maximum absolute atomic E-state index is 11.2.